The van der Waals surface area contributed by atoms with Gasteiger partial charge in [0.25, 0.3) is 5.56 Å². The van der Waals surface area contributed by atoms with E-state index in [2.05, 4.69) is 34.2 Å². The zero-order chi connectivity index (χ0) is 31.8. The van der Waals surface area contributed by atoms with Crippen molar-refractivity contribution in [3.63, 3.8) is 0 Å². The van der Waals surface area contributed by atoms with Gasteiger partial charge in [-0.05, 0) is 38.5 Å². The second-order valence-electron chi connectivity index (χ2n) is 10.9. The molecule has 0 saturated carbocycles. The van der Waals surface area contributed by atoms with Crippen molar-refractivity contribution in [2.24, 2.45) is 0 Å². The zero-order valence-electron chi connectivity index (χ0n) is 25.8. The summed E-state index contributed by atoms with van der Waals surface area (Å²) in [5.74, 6) is 7.43. The summed E-state index contributed by atoms with van der Waals surface area (Å²) >= 11 is 13.4. The normalized spacial score (nSPS) is 16.9. The topological polar surface area (TPSA) is 87.1 Å². The molecular formula is C34H34Cl2N4O5. The van der Waals surface area contributed by atoms with E-state index in [1.165, 1.54) is 14.2 Å². The fourth-order valence-corrected chi connectivity index (χ4v) is 6.98. The maximum absolute atomic E-state index is 14.0. The number of fused-ring (bicyclic) bond motifs is 3. The number of aryl methyl sites for hydroxylation is 1. The number of hydrogen-bond donors (Lipinski definition) is 1. The van der Waals surface area contributed by atoms with Gasteiger partial charge < -0.3 is 33.7 Å². The lowest BCUT2D eigenvalue weighted by molar-refractivity contribution is 0.0991. The molecule has 4 heterocycles. The molecule has 2 aliphatic rings. The van der Waals surface area contributed by atoms with E-state index in [0.29, 0.717) is 65.3 Å². The average Bonchev–Trinajstić information content (AvgIpc) is 3.69. The summed E-state index contributed by atoms with van der Waals surface area (Å²) in [5, 5.41) is 4.68. The van der Waals surface area contributed by atoms with Crippen molar-refractivity contribution in [1.82, 2.24) is 9.55 Å². The molecule has 2 unspecified atom stereocenters. The van der Waals surface area contributed by atoms with Crippen LogP contribution in [0.25, 0.3) is 33.3 Å². The van der Waals surface area contributed by atoms with E-state index in [-0.39, 0.29) is 21.7 Å². The Hall–Kier alpha value is -4.10. The van der Waals surface area contributed by atoms with Gasteiger partial charge >= 0.3 is 0 Å². The average molecular weight is 650 g/mol. The number of ether oxygens (including phenoxy) is 4. The molecule has 0 aliphatic carbocycles. The minimum atomic E-state index is -0.254. The van der Waals surface area contributed by atoms with E-state index in [4.69, 9.17) is 47.1 Å². The third kappa shape index (κ3) is 5.41. The standard InChI is InChI=1S/C34H34Cl2N4O5/c1-6-8-9-37-25-12-22(28(42-3)14-27(25)40-17-21-11-20(40)18-45-21)24-13-26-19(16-38-24)10-23(34(41)39(26)7-2)31-32(35)29(43-4)15-30(44-5)33(31)36/h10,12-16,20-21,37H,7,9,11,17-18H2,1-5H3. The van der Waals surface area contributed by atoms with Gasteiger partial charge in [-0.15, -0.1) is 5.92 Å². The Balaban J connectivity index is 1.50. The predicted octanol–water partition coefficient (Wildman–Crippen LogP) is 6.50. The summed E-state index contributed by atoms with van der Waals surface area (Å²) in [4.78, 5) is 21.3. The third-order valence-electron chi connectivity index (χ3n) is 8.48. The van der Waals surface area contributed by atoms with Gasteiger partial charge in [0, 0.05) is 47.9 Å². The molecule has 2 saturated heterocycles. The van der Waals surface area contributed by atoms with Crippen LogP contribution in [0.4, 0.5) is 11.4 Å². The summed E-state index contributed by atoms with van der Waals surface area (Å²) in [6.45, 7) is 6.18. The Kier molecular flexibility index (Phi) is 8.74. The highest BCUT2D eigenvalue weighted by Crippen LogP contribution is 2.46. The highest BCUT2D eigenvalue weighted by molar-refractivity contribution is 6.41. The molecule has 0 radical (unpaired) electrons. The maximum atomic E-state index is 14.0. The Morgan fingerprint density at radius 1 is 1.02 bits per heavy atom. The monoisotopic (exact) mass is 648 g/mol. The van der Waals surface area contributed by atoms with E-state index in [1.54, 1.807) is 30.0 Å². The molecule has 4 aromatic rings. The van der Waals surface area contributed by atoms with Crippen LogP contribution >= 0.6 is 23.2 Å². The molecule has 45 heavy (non-hydrogen) atoms. The van der Waals surface area contributed by atoms with Crippen molar-refractivity contribution in [3.8, 4) is 51.5 Å². The first kappa shape index (κ1) is 30.9. The number of rotatable bonds is 9. The van der Waals surface area contributed by atoms with E-state index in [9.17, 15) is 4.79 Å². The quantitative estimate of drug-likeness (QED) is 0.206. The van der Waals surface area contributed by atoms with Crippen molar-refractivity contribution in [2.75, 3.05) is 51.2 Å². The molecule has 0 amide bonds. The van der Waals surface area contributed by atoms with Crippen molar-refractivity contribution >= 4 is 45.5 Å². The first-order valence-corrected chi connectivity index (χ1v) is 15.5. The molecule has 2 aromatic heterocycles. The van der Waals surface area contributed by atoms with E-state index in [1.807, 2.05) is 19.9 Å². The molecule has 2 aromatic carbocycles. The van der Waals surface area contributed by atoms with Crippen LogP contribution in [0.3, 0.4) is 0 Å². The molecule has 6 rings (SSSR count). The number of nitrogens with one attached hydrogen (secondary N) is 1. The fourth-order valence-electron chi connectivity index (χ4n) is 6.27. The van der Waals surface area contributed by atoms with Crippen LogP contribution in [0.5, 0.6) is 17.2 Å². The fraction of sp³-hybridized carbons (Fsp3) is 0.353. The molecule has 0 spiro atoms. The van der Waals surface area contributed by atoms with Gasteiger partial charge in [0.15, 0.2) is 0 Å². The molecule has 11 heteroatoms. The maximum Gasteiger partial charge on any atom is 0.259 e. The Labute approximate surface area is 272 Å². The highest BCUT2D eigenvalue weighted by Gasteiger charge is 2.40. The summed E-state index contributed by atoms with van der Waals surface area (Å²) in [7, 11) is 4.65. The van der Waals surface area contributed by atoms with Crippen LogP contribution < -0.4 is 30.0 Å². The molecule has 2 bridgehead atoms. The first-order valence-electron chi connectivity index (χ1n) is 14.7. The van der Waals surface area contributed by atoms with Gasteiger partial charge in [-0.3, -0.25) is 9.78 Å². The number of methoxy groups -OCH3 is 3. The number of benzene rings is 2. The SMILES string of the molecule is CC#CCNc1cc(-c2cc3c(cn2)cc(-c2c(Cl)c(OC)cc(OC)c2Cl)c(=O)n3CC)c(OC)cc1N1CC2CC1CO2. The lowest BCUT2D eigenvalue weighted by Crippen LogP contribution is -2.37. The van der Waals surface area contributed by atoms with Crippen molar-refractivity contribution in [1.29, 1.82) is 0 Å². The van der Waals surface area contributed by atoms with Crippen molar-refractivity contribution in [3.05, 3.63) is 56.9 Å². The summed E-state index contributed by atoms with van der Waals surface area (Å²) in [6.07, 6.45) is 3.00. The Morgan fingerprint density at radius 3 is 2.36 bits per heavy atom. The third-order valence-corrected chi connectivity index (χ3v) is 9.24. The number of morpholine rings is 1. The van der Waals surface area contributed by atoms with Gasteiger partial charge in [-0.1, -0.05) is 29.1 Å². The molecule has 2 aliphatic heterocycles. The molecule has 2 atom stereocenters. The molecule has 2 fully saturated rings. The second kappa shape index (κ2) is 12.7. The smallest absolute Gasteiger partial charge is 0.259 e. The first-order chi connectivity index (χ1) is 21.8. The minimum Gasteiger partial charge on any atom is -0.496 e. The predicted molar refractivity (Wildman–Crippen MR) is 180 cm³/mol. The lowest BCUT2D eigenvalue weighted by atomic mass is 10.0. The number of aromatic nitrogens is 2. The van der Waals surface area contributed by atoms with E-state index >= 15 is 0 Å². The van der Waals surface area contributed by atoms with Gasteiger partial charge in [-0.2, -0.15) is 0 Å². The summed E-state index contributed by atoms with van der Waals surface area (Å²) in [6, 6.07) is 9.70. The Bertz CT molecular complexity index is 1890. The van der Waals surface area contributed by atoms with Crippen molar-refractivity contribution in [2.45, 2.75) is 39.0 Å². The van der Waals surface area contributed by atoms with Gasteiger partial charge in [0.05, 0.1) is 84.8 Å². The molecule has 9 nitrogen and oxygen atoms in total. The van der Waals surface area contributed by atoms with Crippen molar-refractivity contribution < 1.29 is 18.9 Å². The number of halogens is 2. The molecule has 1 N–H and O–H groups in total. The lowest BCUT2D eigenvalue weighted by Gasteiger charge is -2.31. The van der Waals surface area contributed by atoms with Crippen LogP contribution in [-0.2, 0) is 11.3 Å². The largest absolute Gasteiger partial charge is 0.496 e. The number of nitrogens with zero attached hydrogens (tertiary/aromatic N) is 3. The van der Waals surface area contributed by atoms with Gasteiger partial charge in [-0.25, -0.2) is 0 Å². The zero-order valence-corrected chi connectivity index (χ0v) is 27.3. The van der Waals surface area contributed by atoms with E-state index < -0.39 is 0 Å². The van der Waals surface area contributed by atoms with Crippen LogP contribution in [-0.4, -0.2) is 62.7 Å². The molecular weight excluding hydrogens is 615 g/mol. The van der Waals surface area contributed by atoms with Crippen LogP contribution in [0.15, 0.2) is 41.3 Å². The second-order valence-corrected chi connectivity index (χ2v) is 11.6. The number of hydrogen-bond acceptors (Lipinski definition) is 8. The highest BCUT2D eigenvalue weighted by atomic mass is 35.5. The summed E-state index contributed by atoms with van der Waals surface area (Å²) in [5.41, 5.74) is 4.55. The van der Waals surface area contributed by atoms with Crippen LogP contribution in [0.2, 0.25) is 10.0 Å². The number of anilines is 2. The minimum absolute atomic E-state index is 0.224. The van der Waals surface area contributed by atoms with Gasteiger partial charge in [0.2, 0.25) is 0 Å². The van der Waals surface area contributed by atoms with E-state index in [0.717, 1.165) is 35.3 Å². The summed E-state index contributed by atoms with van der Waals surface area (Å²) < 4.78 is 24.4. The van der Waals surface area contributed by atoms with Crippen LogP contribution in [0.1, 0.15) is 20.3 Å². The molecule has 234 valence electrons. The Morgan fingerprint density at radius 2 is 1.76 bits per heavy atom. The van der Waals surface area contributed by atoms with Crippen LogP contribution in [0, 0.1) is 11.8 Å². The number of pyridine rings is 2. The van der Waals surface area contributed by atoms with Gasteiger partial charge in [0.1, 0.15) is 17.2 Å².